The van der Waals surface area contributed by atoms with Crippen molar-refractivity contribution < 1.29 is 23.5 Å². The molecule has 1 saturated heterocycles. The van der Waals surface area contributed by atoms with Crippen molar-refractivity contribution in [3.63, 3.8) is 0 Å². The molecule has 1 fully saturated rings. The largest absolute Gasteiger partial charge is 0.395 e. The highest BCUT2D eigenvalue weighted by molar-refractivity contribution is 6.72. The molecular formula is C44H42FN5O4Si. The van der Waals surface area contributed by atoms with Gasteiger partial charge in [-0.3, -0.25) is 19.2 Å². The molecule has 4 heterocycles. The normalized spacial score (nSPS) is 22.3. The third kappa shape index (κ3) is 5.63. The molecular weight excluding hydrogens is 710 g/mol. The quantitative estimate of drug-likeness (QED) is 0.112. The lowest BCUT2D eigenvalue weighted by molar-refractivity contribution is -0.146. The van der Waals surface area contributed by atoms with E-state index < -0.39 is 31.6 Å². The van der Waals surface area contributed by atoms with Gasteiger partial charge in [-0.25, -0.2) is 0 Å². The van der Waals surface area contributed by atoms with Crippen molar-refractivity contribution in [2.45, 2.75) is 62.7 Å². The average molecular weight is 752 g/mol. The Balaban J connectivity index is 0.997. The number of anilines is 3. The molecule has 0 bridgehead atoms. The fraction of sp³-hybridized carbons (Fsp3) is 0.273. The minimum absolute atomic E-state index is 0.0831. The van der Waals surface area contributed by atoms with Gasteiger partial charge in [0.1, 0.15) is 0 Å². The summed E-state index contributed by atoms with van der Waals surface area (Å²) in [5.41, 5.74) is 4.36. The first kappa shape index (κ1) is 35.2. The van der Waals surface area contributed by atoms with Crippen LogP contribution in [-0.2, 0) is 28.2 Å². The molecule has 278 valence electrons. The van der Waals surface area contributed by atoms with Crippen molar-refractivity contribution >= 4 is 48.1 Å². The minimum atomic E-state index is -3.38. The second-order valence-corrected chi connectivity index (χ2v) is 19.3. The number of nitrogens with zero attached hydrogens (tertiary/aromatic N) is 5. The number of para-hydroxylation sites is 1. The van der Waals surface area contributed by atoms with Gasteiger partial charge in [0.05, 0.1) is 47.8 Å². The van der Waals surface area contributed by atoms with Crippen LogP contribution in [0.15, 0.2) is 121 Å². The molecule has 0 aliphatic carbocycles. The molecule has 0 saturated carbocycles. The van der Waals surface area contributed by atoms with Gasteiger partial charge in [0.15, 0.2) is 5.60 Å². The van der Waals surface area contributed by atoms with E-state index in [1.165, 1.54) is 0 Å². The van der Waals surface area contributed by atoms with Crippen molar-refractivity contribution in [1.82, 2.24) is 15.0 Å². The van der Waals surface area contributed by atoms with Crippen LogP contribution in [0.1, 0.15) is 52.0 Å². The summed E-state index contributed by atoms with van der Waals surface area (Å²) in [6.07, 6.45) is 1.73. The number of halogens is 1. The number of hydrogen-bond acceptors (Lipinski definition) is 6. The predicted molar refractivity (Wildman–Crippen MR) is 213 cm³/mol. The second kappa shape index (κ2) is 13.4. The molecule has 1 spiro atoms. The molecule has 1 unspecified atom stereocenters. The molecule has 5 aromatic carbocycles. The number of aliphatic hydroxyl groups excluding tert-OH is 1. The molecule has 9 rings (SSSR count). The number of ether oxygens (including phenoxy) is 1. The highest BCUT2D eigenvalue weighted by Gasteiger charge is 2.66. The lowest BCUT2D eigenvalue weighted by Crippen LogP contribution is -2.45. The Kier molecular flexibility index (Phi) is 8.56. The van der Waals surface area contributed by atoms with Crippen molar-refractivity contribution in [3.8, 4) is 0 Å². The first-order chi connectivity index (χ1) is 26.6. The van der Waals surface area contributed by atoms with Gasteiger partial charge in [-0.2, -0.15) is 0 Å². The zero-order chi connectivity index (χ0) is 38.1. The molecule has 3 aliphatic heterocycles. The van der Waals surface area contributed by atoms with Crippen molar-refractivity contribution in [2.24, 2.45) is 5.92 Å². The molecule has 6 aromatic rings. The summed E-state index contributed by atoms with van der Waals surface area (Å²) in [5.74, 6) is -1.03. The molecule has 1 N–H and O–H groups in total. The van der Waals surface area contributed by atoms with Crippen LogP contribution in [0.4, 0.5) is 21.2 Å². The number of rotatable bonds is 10. The molecule has 3 aliphatic rings. The Morgan fingerprint density at radius 1 is 0.909 bits per heavy atom. The summed E-state index contributed by atoms with van der Waals surface area (Å²) in [6.45, 7) is 5.93. The van der Waals surface area contributed by atoms with Crippen LogP contribution < -0.4 is 9.80 Å². The van der Waals surface area contributed by atoms with Gasteiger partial charge < -0.3 is 18.9 Å². The predicted octanol–water partition coefficient (Wildman–Crippen LogP) is 8.26. The van der Waals surface area contributed by atoms with Crippen LogP contribution in [0, 0.1) is 5.92 Å². The van der Waals surface area contributed by atoms with Crippen molar-refractivity contribution in [1.29, 1.82) is 0 Å². The van der Waals surface area contributed by atoms with Crippen LogP contribution in [-0.4, -0.2) is 53.0 Å². The van der Waals surface area contributed by atoms with E-state index >= 15 is 4.11 Å². The molecule has 2 amide bonds. The van der Waals surface area contributed by atoms with Gasteiger partial charge in [0, 0.05) is 40.8 Å². The van der Waals surface area contributed by atoms with Gasteiger partial charge >= 0.3 is 0 Å². The number of aliphatic hydroxyl groups is 1. The first-order valence-corrected chi connectivity index (χ1v) is 21.8. The maximum absolute atomic E-state index is 16.5. The van der Waals surface area contributed by atoms with Crippen molar-refractivity contribution in [2.75, 3.05) is 16.4 Å². The van der Waals surface area contributed by atoms with Crippen LogP contribution in [0.2, 0.25) is 18.6 Å². The summed E-state index contributed by atoms with van der Waals surface area (Å²) < 4.78 is 25.2. The van der Waals surface area contributed by atoms with Gasteiger partial charge in [0.2, 0.25) is 8.41 Å². The second-order valence-electron chi connectivity index (χ2n) is 15.5. The number of hydrogen-bond donors (Lipinski definition) is 1. The molecule has 0 radical (unpaired) electrons. The summed E-state index contributed by atoms with van der Waals surface area (Å²) in [7, 11) is -3.38. The number of carbonyl (C=O) groups is 2. The summed E-state index contributed by atoms with van der Waals surface area (Å²) in [4.78, 5) is 32.2. The SMILES string of the molecule is C[C@H]1[C@H]([Si](C)(C)F)[C@@H](CCn2cc(C(CO)c3ccccc3)nn2)O[C@]12C(=O)N(Cc1cccc(N3C(=O)c4cccc5cccc3c45)c1)c1ccccc12. The molecule has 5 atom stereocenters. The highest BCUT2D eigenvalue weighted by atomic mass is 28.4. The third-order valence-corrected chi connectivity index (χ3v) is 14.3. The van der Waals surface area contributed by atoms with E-state index in [1.807, 2.05) is 128 Å². The van der Waals surface area contributed by atoms with E-state index in [9.17, 15) is 14.7 Å². The lowest BCUT2D eigenvalue weighted by Gasteiger charge is -2.31. The fourth-order valence-corrected chi connectivity index (χ4v) is 12.0. The Morgan fingerprint density at radius 3 is 2.42 bits per heavy atom. The Morgan fingerprint density at radius 2 is 1.64 bits per heavy atom. The van der Waals surface area contributed by atoms with Gasteiger partial charge in [0.25, 0.3) is 11.8 Å². The smallest absolute Gasteiger partial charge is 0.264 e. The van der Waals surface area contributed by atoms with Gasteiger partial charge in [-0.05, 0) is 66.4 Å². The van der Waals surface area contributed by atoms with E-state index in [4.69, 9.17) is 4.74 Å². The number of amides is 2. The van der Waals surface area contributed by atoms with Gasteiger partial charge in [-0.15, -0.1) is 5.10 Å². The van der Waals surface area contributed by atoms with E-state index in [2.05, 4.69) is 10.3 Å². The molecule has 11 heteroatoms. The standard InChI is InChI=1S/C44H42FN5O4Si/c1-28-41(55(2,3)45)39(22-23-48-26-36(46-47-48)34(27-51)30-13-5-4-6-14-30)54-44(28)35-19-7-8-20-37(35)49(43(44)53)25-29-12-9-17-32(24-29)50-38-21-11-16-31-15-10-18-33(40(31)38)42(50)52/h4-21,24,26,28,34,39,41,51H,22-23,25,27H2,1-3H3/t28-,34?,39+,41-,44+/m0/s1. The van der Waals surface area contributed by atoms with E-state index in [0.717, 1.165) is 44.5 Å². The van der Waals surface area contributed by atoms with Crippen LogP contribution in [0.3, 0.4) is 0 Å². The number of aromatic nitrogens is 3. The highest BCUT2D eigenvalue weighted by Crippen LogP contribution is 2.60. The van der Waals surface area contributed by atoms with Crippen LogP contribution >= 0.6 is 0 Å². The van der Waals surface area contributed by atoms with Crippen molar-refractivity contribution in [3.05, 3.63) is 149 Å². The molecule has 55 heavy (non-hydrogen) atoms. The Labute approximate surface area is 320 Å². The van der Waals surface area contributed by atoms with Crippen LogP contribution in [0.5, 0.6) is 0 Å². The number of fused-ring (bicyclic) bond motifs is 2. The minimum Gasteiger partial charge on any atom is -0.395 e. The summed E-state index contributed by atoms with van der Waals surface area (Å²) in [5, 5.41) is 20.9. The van der Waals surface area contributed by atoms with E-state index in [0.29, 0.717) is 24.2 Å². The number of carbonyl (C=O) groups excluding carboxylic acids is 2. The third-order valence-electron chi connectivity index (χ3n) is 11.9. The van der Waals surface area contributed by atoms with Crippen LogP contribution in [0.25, 0.3) is 10.8 Å². The summed E-state index contributed by atoms with van der Waals surface area (Å²) in [6, 6.07) is 36.9. The number of aryl methyl sites for hydroxylation is 1. The van der Waals surface area contributed by atoms with Gasteiger partial charge in [-0.1, -0.05) is 97.1 Å². The number of benzene rings is 5. The fourth-order valence-electron chi connectivity index (χ4n) is 9.47. The maximum atomic E-state index is 16.5. The van der Waals surface area contributed by atoms with E-state index in [-0.39, 0.29) is 30.9 Å². The topological polar surface area (TPSA) is 101 Å². The Hall–Kier alpha value is -5.49. The zero-order valence-corrected chi connectivity index (χ0v) is 32.0. The molecule has 9 nitrogen and oxygen atoms in total. The van der Waals surface area contributed by atoms with E-state index in [1.54, 1.807) is 27.6 Å². The average Bonchev–Trinajstić information content (AvgIpc) is 3.91. The first-order valence-electron chi connectivity index (χ1n) is 18.9. The maximum Gasteiger partial charge on any atom is 0.264 e. The molecule has 1 aromatic heterocycles. The summed E-state index contributed by atoms with van der Waals surface area (Å²) >= 11 is 0. The Bertz CT molecular complexity index is 2450. The lowest BCUT2D eigenvalue weighted by atomic mass is 9.82. The zero-order valence-electron chi connectivity index (χ0n) is 31.0. The monoisotopic (exact) mass is 751 g/mol.